The van der Waals surface area contributed by atoms with Gasteiger partial charge in [-0.05, 0) is 49.9 Å². The molecule has 0 heterocycles. The van der Waals surface area contributed by atoms with E-state index in [0.717, 1.165) is 31.4 Å². The Kier molecular flexibility index (Phi) is 9.96. The summed E-state index contributed by atoms with van der Waals surface area (Å²) < 4.78 is 0. The minimum Gasteiger partial charge on any atom is -0.352 e. The summed E-state index contributed by atoms with van der Waals surface area (Å²) in [7, 11) is 0. The van der Waals surface area contributed by atoms with Crippen LogP contribution in [-0.4, -0.2) is 34.6 Å². The van der Waals surface area contributed by atoms with Gasteiger partial charge in [0.2, 0.25) is 11.8 Å². The number of carbonyl (C=O) groups excluding carboxylic acids is 2. The summed E-state index contributed by atoms with van der Waals surface area (Å²) >= 11 is 14.3. The van der Waals surface area contributed by atoms with Crippen LogP contribution in [0.1, 0.15) is 55.7 Å². The number of hydrogen-bond acceptors (Lipinski definition) is 3. The Morgan fingerprint density at radius 1 is 1.06 bits per heavy atom. The number of thioether (sulfide) groups is 1. The summed E-state index contributed by atoms with van der Waals surface area (Å²) in [4.78, 5) is 28.0. The first-order valence-corrected chi connectivity index (χ1v) is 13.4. The van der Waals surface area contributed by atoms with Gasteiger partial charge in [-0.15, -0.1) is 11.8 Å². The van der Waals surface area contributed by atoms with Gasteiger partial charge in [0, 0.05) is 33.9 Å². The topological polar surface area (TPSA) is 49.4 Å². The van der Waals surface area contributed by atoms with E-state index in [-0.39, 0.29) is 30.2 Å². The second-order valence-corrected chi connectivity index (χ2v) is 10.5. The summed E-state index contributed by atoms with van der Waals surface area (Å²) in [6, 6.07) is 13.0. The van der Waals surface area contributed by atoms with Crippen LogP contribution in [0.25, 0.3) is 0 Å². The zero-order valence-electron chi connectivity index (χ0n) is 19.3. The van der Waals surface area contributed by atoms with E-state index in [2.05, 4.69) is 24.4 Å². The normalized spacial score (nSPS) is 15.2. The molecule has 0 bridgehead atoms. The van der Waals surface area contributed by atoms with Gasteiger partial charge in [0.05, 0.1) is 5.75 Å². The highest BCUT2D eigenvalue weighted by Crippen LogP contribution is 2.27. The average molecular weight is 508 g/mol. The maximum absolute atomic E-state index is 13.3. The van der Waals surface area contributed by atoms with Gasteiger partial charge >= 0.3 is 0 Å². The molecule has 0 aliphatic heterocycles. The molecule has 0 spiro atoms. The van der Waals surface area contributed by atoms with Crippen molar-refractivity contribution in [3.05, 3.63) is 69.2 Å². The number of rotatable bonds is 9. The first-order valence-electron chi connectivity index (χ1n) is 11.5. The number of benzene rings is 2. The Hall–Kier alpha value is -1.69. The molecule has 3 rings (SSSR count). The summed E-state index contributed by atoms with van der Waals surface area (Å²) in [5.41, 5.74) is 3.08. The summed E-state index contributed by atoms with van der Waals surface area (Å²) in [6.45, 7) is 4.05. The van der Waals surface area contributed by atoms with Crippen LogP contribution in [0.15, 0.2) is 42.5 Å². The van der Waals surface area contributed by atoms with Crippen molar-refractivity contribution in [2.75, 3.05) is 5.75 Å². The molecule has 1 fully saturated rings. The molecule has 0 saturated heterocycles. The predicted octanol–water partition coefficient (Wildman–Crippen LogP) is 6.40. The quantitative estimate of drug-likeness (QED) is 0.427. The van der Waals surface area contributed by atoms with E-state index in [9.17, 15) is 9.59 Å². The lowest BCUT2D eigenvalue weighted by molar-refractivity contribution is -0.139. The van der Waals surface area contributed by atoms with E-state index >= 15 is 0 Å². The zero-order chi connectivity index (χ0) is 23.8. The van der Waals surface area contributed by atoms with E-state index in [1.807, 2.05) is 12.1 Å². The fourth-order valence-corrected chi connectivity index (χ4v) is 5.61. The van der Waals surface area contributed by atoms with Gasteiger partial charge in [0.1, 0.15) is 6.04 Å². The van der Waals surface area contributed by atoms with Crippen molar-refractivity contribution in [3.63, 3.8) is 0 Å². The lowest BCUT2D eigenvalue weighted by Gasteiger charge is -2.31. The van der Waals surface area contributed by atoms with E-state index in [0.29, 0.717) is 15.6 Å². The molecule has 1 N–H and O–H groups in total. The van der Waals surface area contributed by atoms with Crippen molar-refractivity contribution < 1.29 is 9.59 Å². The lowest BCUT2D eigenvalue weighted by Crippen LogP contribution is -2.50. The molecule has 0 aromatic heterocycles. The number of amides is 2. The van der Waals surface area contributed by atoms with Crippen LogP contribution in [0, 0.1) is 6.92 Å². The van der Waals surface area contributed by atoms with Crippen molar-refractivity contribution in [1.29, 1.82) is 0 Å². The highest BCUT2D eigenvalue weighted by Gasteiger charge is 2.29. The van der Waals surface area contributed by atoms with Gasteiger partial charge in [0.15, 0.2) is 0 Å². The van der Waals surface area contributed by atoms with Gasteiger partial charge in [0.25, 0.3) is 0 Å². The Labute approximate surface area is 211 Å². The highest BCUT2D eigenvalue weighted by molar-refractivity contribution is 7.99. The minimum absolute atomic E-state index is 0.101. The number of carbonyl (C=O) groups is 2. The third-order valence-electron chi connectivity index (χ3n) is 6.25. The third-order valence-corrected chi connectivity index (χ3v) is 7.93. The Morgan fingerprint density at radius 3 is 2.39 bits per heavy atom. The molecule has 4 nitrogen and oxygen atoms in total. The van der Waals surface area contributed by atoms with Gasteiger partial charge in [-0.25, -0.2) is 0 Å². The minimum atomic E-state index is -0.620. The Balaban J connectivity index is 1.71. The van der Waals surface area contributed by atoms with E-state index < -0.39 is 6.04 Å². The summed E-state index contributed by atoms with van der Waals surface area (Å²) in [6.07, 6.45) is 5.47. The fraction of sp³-hybridized carbons (Fsp3) is 0.462. The summed E-state index contributed by atoms with van der Waals surface area (Å²) in [5, 5.41) is 4.14. The second kappa shape index (κ2) is 12.7. The van der Waals surface area contributed by atoms with Crippen LogP contribution in [0.4, 0.5) is 0 Å². The molecule has 1 aliphatic carbocycles. The highest BCUT2D eigenvalue weighted by atomic mass is 35.5. The van der Waals surface area contributed by atoms with Gasteiger partial charge in [-0.2, -0.15) is 0 Å². The van der Waals surface area contributed by atoms with Crippen molar-refractivity contribution in [2.45, 2.75) is 70.3 Å². The molecule has 2 aromatic rings. The second-order valence-electron chi connectivity index (χ2n) is 8.66. The Bertz CT molecular complexity index is 943. The average Bonchev–Trinajstić information content (AvgIpc) is 2.80. The largest absolute Gasteiger partial charge is 0.352 e. The molecule has 0 radical (unpaired) electrons. The molecule has 2 aromatic carbocycles. The van der Waals surface area contributed by atoms with Crippen LogP contribution < -0.4 is 5.32 Å². The maximum Gasteiger partial charge on any atom is 0.242 e. The standard InChI is InChI=1S/C26H32Cl2N2O2S/c1-18-9-6-7-10-20(18)16-33-17-25(31)30(15-22-23(27)13-8-14-24(22)28)19(2)26(32)29-21-11-4-3-5-12-21/h6-10,13-14,19,21H,3-5,11-12,15-17H2,1-2H3,(H,29,32)/t19-/m1/s1. The number of aryl methyl sites for hydroxylation is 1. The van der Waals surface area contributed by atoms with Crippen molar-refractivity contribution in [2.24, 2.45) is 0 Å². The van der Waals surface area contributed by atoms with E-state index in [4.69, 9.17) is 23.2 Å². The molecule has 1 atom stereocenters. The molecular weight excluding hydrogens is 475 g/mol. The smallest absolute Gasteiger partial charge is 0.242 e. The van der Waals surface area contributed by atoms with Crippen LogP contribution in [0.5, 0.6) is 0 Å². The predicted molar refractivity (Wildman–Crippen MR) is 139 cm³/mol. The number of nitrogens with zero attached hydrogens (tertiary/aromatic N) is 1. The number of hydrogen-bond donors (Lipinski definition) is 1. The molecule has 178 valence electrons. The number of nitrogens with one attached hydrogen (secondary N) is 1. The van der Waals surface area contributed by atoms with Crippen LogP contribution in [0.2, 0.25) is 10.0 Å². The maximum atomic E-state index is 13.3. The molecular formula is C26H32Cl2N2O2S. The molecule has 33 heavy (non-hydrogen) atoms. The van der Waals surface area contributed by atoms with Crippen molar-refractivity contribution in [1.82, 2.24) is 10.2 Å². The molecule has 1 aliphatic rings. The molecule has 1 saturated carbocycles. The van der Waals surface area contributed by atoms with Crippen LogP contribution in [0.3, 0.4) is 0 Å². The summed E-state index contributed by atoms with van der Waals surface area (Å²) in [5.74, 6) is 0.789. The van der Waals surface area contributed by atoms with Gasteiger partial charge in [-0.1, -0.05) is 72.8 Å². The van der Waals surface area contributed by atoms with Crippen LogP contribution >= 0.6 is 35.0 Å². The monoisotopic (exact) mass is 506 g/mol. The first-order chi connectivity index (χ1) is 15.9. The zero-order valence-corrected chi connectivity index (χ0v) is 21.6. The van der Waals surface area contributed by atoms with Crippen molar-refractivity contribution in [3.8, 4) is 0 Å². The van der Waals surface area contributed by atoms with E-state index in [1.165, 1.54) is 17.5 Å². The Morgan fingerprint density at radius 2 is 1.73 bits per heavy atom. The third kappa shape index (κ3) is 7.40. The van der Waals surface area contributed by atoms with Gasteiger partial charge in [-0.3, -0.25) is 9.59 Å². The van der Waals surface area contributed by atoms with Crippen LogP contribution in [-0.2, 0) is 21.9 Å². The fourth-order valence-electron chi connectivity index (χ4n) is 4.11. The lowest BCUT2D eigenvalue weighted by atomic mass is 9.95. The van der Waals surface area contributed by atoms with E-state index in [1.54, 1.807) is 41.8 Å². The molecule has 7 heteroatoms. The first kappa shape index (κ1) is 25.9. The molecule has 2 amide bonds. The number of halogens is 2. The SMILES string of the molecule is Cc1ccccc1CSCC(=O)N(Cc1c(Cl)cccc1Cl)[C@H](C)C(=O)NC1CCCCC1. The van der Waals surface area contributed by atoms with Gasteiger partial charge < -0.3 is 10.2 Å². The van der Waals surface area contributed by atoms with Crippen molar-refractivity contribution >= 4 is 46.8 Å². The molecule has 0 unspecified atom stereocenters.